The second kappa shape index (κ2) is 13.2. The van der Waals surface area contributed by atoms with Crippen LogP contribution in [0.25, 0.3) is 22.2 Å². The largest absolute Gasteiger partial charge is 0.522 e. The highest BCUT2D eigenvalue weighted by atomic mass is 32.2. The number of carbonyl (C=O) groups is 1. The first-order valence-corrected chi connectivity index (χ1v) is 14.7. The Hall–Kier alpha value is -4.49. The van der Waals surface area contributed by atoms with Crippen molar-refractivity contribution in [3.05, 3.63) is 95.8 Å². The fraction of sp³-hybridized carbons (Fsp3) is 0.233. The van der Waals surface area contributed by atoms with E-state index in [0.717, 1.165) is 47.2 Å². The number of ketones is 1. The number of halogens is 3. The van der Waals surface area contributed by atoms with E-state index in [-0.39, 0.29) is 5.78 Å². The smallest absolute Gasteiger partial charge is 0.494 e. The van der Waals surface area contributed by atoms with Gasteiger partial charge in [-0.25, -0.2) is 4.98 Å². The van der Waals surface area contributed by atoms with Crippen molar-refractivity contribution < 1.29 is 35.7 Å². The first-order chi connectivity index (χ1) is 20.4. The summed E-state index contributed by atoms with van der Waals surface area (Å²) in [6.07, 6.45) is 5.71. The average Bonchev–Trinajstić information content (AvgIpc) is 3.46. The maximum absolute atomic E-state index is 13.3. The van der Waals surface area contributed by atoms with E-state index in [4.69, 9.17) is 22.7 Å². The average molecular weight is 615 g/mol. The molecule has 2 aromatic carbocycles. The number of fused-ring (bicyclic) bond motifs is 3. The number of hydrogen-bond donors (Lipinski definition) is 2. The monoisotopic (exact) mass is 614 g/mol. The van der Waals surface area contributed by atoms with Crippen molar-refractivity contribution >= 4 is 32.5 Å². The van der Waals surface area contributed by atoms with Crippen LogP contribution in [0, 0.1) is 0 Å². The Morgan fingerprint density at radius 1 is 1.05 bits per heavy atom. The van der Waals surface area contributed by atoms with E-state index in [9.17, 15) is 18.0 Å². The molecule has 2 heterocycles. The summed E-state index contributed by atoms with van der Waals surface area (Å²) in [5.74, 6) is 0.661. The minimum Gasteiger partial charge on any atom is -0.494 e. The van der Waals surface area contributed by atoms with E-state index in [1.807, 2.05) is 78.7 Å². The Balaban J connectivity index is 0.000000467. The summed E-state index contributed by atoms with van der Waals surface area (Å²) < 4.78 is 65.1. The van der Waals surface area contributed by atoms with Gasteiger partial charge in [0.2, 0.25) is 0 Å². The molecule has 2 N–H and O–H groups in total. The number of aromatic nitrogens is 3. The molecule has 0 spiro atoms. The highest BCUT2D eigenvalue weighted by Crippen LogP contribution is 2.35. The van der Waals surface area contributed by atoms with Crippen LogP contribution in [-0.4, -0.2) is 52.2 Å². The topological polar surface area (TPSA) is 123 Å². The Labute approximate surface area is 246 Å². The molecule has 2 aliphatic rings. The van der Waals surface area contributed by atoms with Crippen LogP contribution in [0.2, 0.25) is 0 Å². The van der Waals surface area contributed by atoms with Crippen LogP contribution in [0.4, 0.5) is 18.9 Å². The molecule has 1 aromatic heterocycles. The van der Waals surface area contributed by atoms with E-state index in [1.165, 1.54) is 5.56 Å². The van der Waals surface area contributed by atoms with Gasteiger partial charge in [-0.1, -0.05) is 49.4 Å². The van der Waals surface area contributed by atoms with Gasteiger partial charge < -0.3 is 10.1 Å². The molecule has 0 fully saturated rings. The van der Waals surface area contributed by atoms with Crippen LogP contribution in [0.15, 0.2) is 79.1 Å². The maximum Gasteiger partial charge on any atom is 0.522 e. The van der Waals surface area contributed by atoms with Gasteiger partial charge in [-0.05, 0) is 42.7 Å². The lowest BCUT2D eigenvalue weighted by Crippen LogP contribution is -2.21. The summed E-state index contributed by atoms with van der Waals surface area (Å²) in [6, 6.07) is 21.2. The van der Waals surface area contributed by atoms with Crippen molar-refractivity contribution in [2.75, 3.05) is 18.5 Å². The van der Waals surface area contributed by atoms with Crippen LogP contribution in [0.3, 0.4) is 0 Å². The Bertz CT molecular complexity index is 1810. The van der Waals surface area contributed by atoms with Crippen molar-refractivity contribution in [2.45, 2.75) is 25.3 Å². The lowest BCUT2D eigenvalue weighted by Gasteiger charge is -2.06. The van der Waals surface area contributed by atoms with Crippen molar-refractivity contribution in [1.29, 1.82) is 0 Å². The predicted octanol–water partition coefficient (Wildman–Crippen LogP) is 6.14. The number of ether oxygens (including phenoxy) is 1. The van der Waals surface area contributed by atoms with Crippen molar-refractivity contribution in [3.63, 3.8) is 0 Å². The van der Waals surface area contributed by atoms with Gasteiger partial charge in [0.1, 0.15) is 5.75 Å². The second-order valence-electron chi connectivity index (χ2n) is 9.56. The van der Waals surface area contributed by atoms with Crippen molar-refractivity contribution in [3.8, 4) is 17.0 Å². The van der Waals surface area contributed by atoms with E-state index in [2.05, 4.69) is 23.4 Å². The molecular formula is C30H29F3N4O5S. The van der Waals surface area contributed by atoms with Gasteiger partial charge in [-0.15, -0.1) is 0 Å². The Morgan fingerprint density at radius 2 is 1.72 bits per heavy atom. The second-order valence-corrected chi connectivity index (χ2v) is 11.0. The standard InChI is InChI=1S/C29H28N4O2.CHF3O3S/c1-3-15-35-23-9-4-7-21(16-23)29(34)22-8-5-10-24-25-11-6-12-26(28(25)32-27(24)17-22)30-14-13-20-18-31-33(2)19-20;2-1(3,4)8(5,6)7/h4-12,16-19,30H,3,13-15H2,1-2H3;(H,5,6,7). The molecule has 0 atom stereocenters. The number of aryl methyl sites for hydroxylation is 1. The molecule has 9 nitrogen and oxygen atoms in total. The third kappa shape index (κ3) is 7.87. The molecule has 43 heavy (non-hydrogen) atoms. The van der Waals surface area contributed by atoms with E-state index < -0.39 is 15.6 Å². The third-order valence-corrected chi connectivity index (χ3v) is 6.86. The lowest BCUT2D eigenvalue weighted by atomic mass is 10.0. The van der Waals surface area contributed by atoms with Gasteiger partial charge in [0.15, 0.2) is 5.78 Å². The summed E-state index contributed by atoms with van der Waals surface area (Å²) in [6.45, 7) is 3.46. The predicted molar refractivity (Wildman–Crippen MR) is 157 cm³/mol. The molecule has 226 valence electrons. The first kappa shape index (κ1) is 31.4. The molecule has 0 radical (unpaired) electrons. The molecule has 1 aliphatic carbocycles. The van der Waals surface area contributed by atoms with Gasteiger partial charge in [-0.2, -0.15) is 26.7 Å². The quantitative estimate of drug-likeness (QED) is 0.115. The summed E-state index contributed by atoms with van der Waals surface area (Å²) in [5, 5.41) is 8.82. The molecule has 0 unspecified atom stereocenters. The summed E-state index contributed by atoms with van der Waals surface area (Å²) in [5.41, 5.74) is 0.573. The van der Waals surface area contributed by atoms with Crippen LogP contribution < -0.4 is 10.1 Å². The molecule has 0 saturated heterocycles. The Kier molecular flexibility index (Phi) is 9.66. The summed E-state index contributed by atoms with van der Waals surface area (Å²) >= 11 is 0. The minimum atomic E-state index is -5.84. The number of benzene rings is 2. The SMILES string of the molecule is CCCOc1cccc(C(=O)c2cccc3c4cccc(NCCc5cnn(C)c5)c4nc-3c2)c1.O=S(=O)(O)C(F)(F)F. The molecule has 13 heteroatoms. The summed E-state index contributed by atoms with van der Waals surface area (Å²) in [4.78, 5) is 18.2. The number of hydrogen-bond acceptors (Lipinski definition) is 7. The number of anilines is 1. The molecular weight excluding hydrogens is 585 g/mol. The lowest BCUT2D eigenvalue weighted by molar-refractivity contribution is -0.0510. The fourth-order valence-corrected chi connectivity index (χ4v) is 4.27. The number of carbonyl (C=O) groups excluding carboxylic acids is 1. The van der Waals surface area contributed by atoms with Gasteiger partial charge in [-0.3, -0.25) is 14.0 Å². The highest BCUT2D eigenvalue weighted by Gasteiger charge is 2.44. The zero-order chi connectivity index (χ0) is 31.2. The number of rotatable bonds is 9. The zero-order valence-corrected chi connectivity index (χ0v) is 24.1. The summed E-state index contributed by atoms with van der Waals surface area (Å²) in [7, 11) is -3.92. The molecule has 0 bridgehead atoms. The van der Waals surface area contributed by atoms with E-state index in [1.54, 1.807) is 6.07 Å². The molecule has 5 rings (SSSR count). The fourth-order valence-electron chi connectivity index (χ4n) is 4.27. The number of alkyl halides is 3. The minimum absolute atomic E-state index is 0.0497. The zero-order valence-electron chi connectivity index (χ0n) is 23.3. The number of nitrogens with zero attached hydrogens (tertiary/aromatic N) is 3. The van der Waals surface area contributed by atoms with Gasteiger partial charge >= 0.3 is 15.6 Å². The van der Waals surface area contributed by atoms with Crippen LogP contribution in [0.1, 0.15) is 34.8 Å². The van der Waals surface area contributed by atoms with Crippen LogP contribution >= 0.6 is 0 Å². The molecule has 1 aliphatic heterocycles. The van der Waals surface area contributed by atoms with Gasteiger partial charge in [0, 0.05) is 41.9 Å². The van der Waals surface area contributed by atoms with E-state index >= 15 is 0 Å². The van der Waals surface area contributed by atoms with Crippen molar-refractivity contribution in [1.82, 2.24) is 14.8 Å². The van der Waals surface area contributed by atoms with Crippen molar-refractivity contribution in [2.24, 2.45) is 7.05 Å². The maximum atomic E-state index is 13.3. The molecule has 0 amide bonds. The molecule has 3 aromatic rings. The van der Waals surface area contributed by atoms with Crippen LogP contribution in [-0.2, 0) is 23.6 Å². The van der Waals surface area contributed by atoms with Gasteiger partial charge in [0.05, 0.1) is 29.7 Å². The normalized spacial score (nSPS) is 11.7. The van der Waals surface area contributed by atoms with Crippen LogP contribution in [0.5, 0.6) is 5.75 Å². The third-order valence-electron chi connectivity index (χ3n) is 6.28. The number of para-hydroxylation sites is 1. The van der Waals surface area contributed by atoms with E-state index in [0.29, 0.717) is 23.5 Å². The van der Waals surface area contributed by atoms with Gasteiger partial charge in [0.25, 0.3) is 0 Å². The molecule has 0 saturated carbocycles. The first-order valence-electron chi connectivity index (χ1n) is 13.2. The highest BCUT2D eigenvalue weighted by molar-refractivity contribution is 7.86. The Morgan fingerprint density at radius 3 is 2.37 bits per heavy atom. The number of nitrogens with one attached hydrogen (secondary N) is 1.